The molecule has 2 aromatic rings. The topological polar surface area (TPSA) is 41.1 Å². The van der Waals surface area contributed by atoms with Crippen LogP contribution in [-0.4, -0.2) is 5.91 Å². The average molecular weight is 286 g/mol. The summed E-state index contributed by atoms with van der Waals surface area (Å²) in [6.45, 7) is 5.71. The first kappa shape index (κ1) is 15.0. The molecule has 0 unspecified atom stereocenters. The van der Waals surface area contributed by atoms with Gasteiger partial charge in [-0.05, 0) is 54.8 Å². The maximum absolute atomic E-state index is 13.5. The van der Waals surface area contributed by atoms with Crippen molar-refractivity contribution in [1.82, 2.24) is 0 Å². The van der Waals surface area contributed by atoms with Gasteiger partial charge in [-0.25, -0.2) is 4.39 Å². The van der Waals surface area contributed by atoms with Crippen LogP contribution >= 0.6 is 0 Å². The highest BCUT2D eigenvalue weighted by Crippen LogP contribution is 2.20. The second kappa shape index (κ2) is 6.39. The molecule has 0 aliphatic carbocycles. The van der Waals surface area contributed by atoms with Crippen molar-refractivity contribution in [2.45, 2.75) is 27.3 Å². The Labute approximate surface area is 124 Å². The van der Waals surface area contributed by atoms with E-state index in [0.29, 0.717) is 12.1 Å². The Morgan fingerprint density at radius 1 is 1.10 bits per heavy atom. The normalized spacial score (nSPS) is 10.3. The minimum Gasteiger partial charge on any atom is -0.381 e. The molecule has 0 fully saturated rings. The van der Waals surface area contributed by atoms with Crippen LogP contribution in [0.3, 0.4) is 0 Å². The monoisotopic (exact) mass is 286 g/mol. The number of hydrogen-bond donors (Lipinski definition) is 2. The summed E-state index contributed by atoms with van der Waals surface area (Å²) in [5.41, 5.74) is 4.25. The highest BCUT2D eigenvalue weighted by molar-refractivity contribution is 5.89. The third-order valence-electron chi connectivity index (χ3n) is 3.27. The molecule has 4 heteroatoms. The molecule has 0 heterocycles. The van der Waals surface area contributed by atoms with Gasteiger partial charge in [-0.3, -0.25) is 4.79 Å². The molecule has 0 atom stereocenters. The zero-order valence-corrected chi connectivity index (χ0v) is 12.5. The van der Waals surface area contributed by atoms with E-state index < -0.39 is 0 Å². The molecule has 0 aromatic heterocycles. The van der Waals surface area contributed by atoms with Crippen LogP contribution in [0.5, 0.6) is 0 Å². The van der Waals surface area contributed by atoms with Crippen molar-refractivity contribution in [1.29, 1.82) is 0 Å². The van der Waals surface area contributed by atoms with Crippen molar-refractivity contribution in [3.8, 4) is 0 Å². The van der Waals surface area contributed by atoms with Crippen LogP contribution in [0.1, 0.15) is 23.6 Å². The lowest BCUT2D eigenvalue weighted by molar-refractivity contribution is -0.114. The lowest BCUT2D eigenvalue weighted by Gasteiger charge is -2.11. The maximum Gasteiger partial charge on any atom is 0.221 e. The van der Waals surface area contributed by atoms with Gasteiger partial charge < -0.3 is 10.6 Å². The zero-order chi connectivity index (χ0) is 15.4. The van der Waals surface area contributed by atoms with Crippen LogP contribution in [0.2, 0.25) is 0 Å². The van der Waals surface area contributed by atoms with E-state index in [1.807, 2.05) is 31.2 Å². The van der Waals surface area contributed by atoms with Gasteiger partial charge in [-0.15, -0.1) is 0 Å². The van der Waals surface area contributed by atoms with E-state index in [4.69, 9.17) is 0 Å². The van der Waals surface area contributed by atoms with E-state index in [2.05, 4.69) is 10.6 Å². The van der Waals surface area contributed by atoms with E-state index in [1.54, 1.807) is 19.1 Å². The van der Waals surface area contributed by atoms with Crippen molar-refractivity contribution in [2.75, 3.05) is 10.6 Å². The second-order valence-electron chi connectivity index (χ2n) is 5.15. The molecule has 21 heavy (non-hydrogen) atoms. The van der Waals surface area contributed by atoms with E-state index in [9.17, 15) is 9.18 Å². The number of amides is 1. The number of anilines is 2. The Morgan fingerprint density at radius 3 is 2.48 bits per heavy atom. The number of aryl methyl sites for hydroxylation is 2. The Hall–Kier alpha value is -2.36. The Morgan fingerprint density at radius 2 is 1.86 bits per heavy atom. The summed E-state index contributed by atoms with van der Waals surface area (Å²) in [5, 5.41) is 6.02. The molecule has 3 nitrogen and oxygen atoms in total. The summed E-state index contributed by atoms with van der Waals surface area (Å²) in [6, 6.07) is 10.9. The predicted octanol–water partition coefficient (Wildman–Crippen LogP) is 4.01. The number of carbonyl (C=O) groups is 1. The number of halogens is 1. The van der Waals surface area contributed by atoms with Crippen molar-refractivity contribution in [3.63, 3.8) is 0 Å². The third kappa shape index (κ3) is 4.05. The van der Waals surface area contributed by atoms with E-state index in [0.717, 1.165) is 22.5 Å². The second-order valence-corrected chi connectivity index (χ2v) is 5.15. The number of hydrogen-bond acceptors (Lipinski definition) is 2. The summed E-state index contributed by atoms with van der Waals surface area (Å²) in [7, 11) is 0. The summed E-state index contributed by atoms with van der Waals surface area (Å²) >= 11 is 0. The lowest BCUT2D eigenvalue weighted by Crippen LogP contribution is -2.07. The molecule has 0 saturated heterocycles. The molecule has 0 radical (unpaired) electrons. The van der Waals surface area contributed by atoms with Crippen molar-refractivity contribution in [3.05, 3.63) is 58.9 Å². The van der Waals surface area contributed by atoms with Gasteiger partial charge in [0.2, 0.25) is 5.91 Å². The van der Waals surface area contributed by atoms with E-state index in [1.165, 1.54) is 6.92 Å². The third-order valence-corrected chi connectivity index (χ3v) is 3.27. The van der Waals surface area contributed by atoms with Crippen molar-refractivity contribution in [2.24, 2.45) is 0 Å². The highest BCUT2D eigenvalue weighted by Gasteiger charge is 2.03. The van der Waals surface area contributed by atoms with Gasteiger partial charge in [0, 0.05) is 24.8 Å². The molecule has 0 aliphatic rings. The van der Waals surface area contributed by atoms with Crippen molar-refractivity contribution >= 4 is 17.3 Å². The number of nitrogens with one attached hydrogen (secondary N) is 2. The molecular weight excluding hydrogens is 267 g/mol. The van der Waals surface area contributed by atoms with E-state index in [-0.39, 0.29) is 11.7 Å². The number of rotatable bonds is 4. The predicted molar refractivity (Wildman–Crippen MR) is 83.9 cm³/mol. The number of benzene rings is 2. The minimum atomic E-state index is -0.188. The SMILES string of the molecule is CC(=O)Nc1ccc(NCc2ccc(C)c(F)c2)cc1C. The fourth-order valence-corrected chi connectivity index (χ4v) is 2.05. The van der Waals surface area contributed by atoms with Crippen LogP contribution in [-0.2, 0) is 11.3 Å². The largest absolute Gasteiger partial charge is 0.381 e. The molecule has 0 aliphatic heterocycles. The Bertz CT molecular complexity index is 668. The standard InChI is InChI=1S/C17H19FN2O/c1-11-4-5-14(9-16(11)18)10-19-15-6-7-17(12(2)8-15)20-13(3)21/h4-9,19H,10H2,1-3H3,(H,20,21). The highest BCUT2D eigenvalue weighted by atomic mass is 19.1. The fraction of sp³-hybridized carbons (Fsp3) is 0.235. The van der Waals surface area contributed by atoms with Crippen LogP contribution < -0.4 is 10.6 Å². The molecule has 0 saturated carbocycles. The molecule has 0 bridgehead atoms. The molecule has 2 N–H and O–H groups in total. The quantitative estimate of drug-likeness (QED) is 0.891. The van der Waals surface area contributed by atoms with Gasteiger partial charge in [-0.2, -0.15) is 0 Å². The molecule has 0 spiro atoms. The summed E-state index contributed by atoms with van der Waals surface area (Å²) in [5.74, 6) is -0.277. The maximum atomic E-state index is 13.5. The number of carbonyl (C=O) groups excluding carboxylic acids is 1. The van der Waals surface area contributed by atoms with Gasteiger partial charge in [0.25, 0.3) is 0 Å². The summed E-state index contributed by atoms with van der Waals surface area (Å²) < 4.78 is 13.5. The van der Waals surface area contributed by atoms with Crippen LogP contribution in [0.4, 0.5) is 15.8 Å². The first-order chi connectivity index (χ1) is 9.95. The van der Waals surface area contributed by atoms with Gasteiger partial charge in [0.05, 0.1) is 0 Å². The average Bonchev–Trinajstić information content (AvgIpc) is 2.42. The van der Waals surface area contributed by atoms with Crippen molar-refractivity contribution < 1.29 is 9.18 Å². The van der Waals surface area contributed by atoms with Gasteiger partial charge >= 0.3 is 0 Å². The smallest absolute Gasteiger partial charge is 0.221 e. The molecule has 1 amide bonds. The Kier molecular flexibility index (Phi) is 4.58. The van der Waals surface area contributed by atoms with Gasteiger partial charge in [-0.1, -0.05) is 12.1 Å². The zero-order valence-electron chi connectivity index (χ0n) is 12.5. The first-order valence-corrected chi connectivity index (χ1v) is 6.83. The molecular formula is C17H19FN2O. The summed E-state index contributed by atoms with van der Waals surface area (Å²) in [4.78, 5) is 11.1. The lowest BCUT2D eigenvalue weighted by atomic mass is 10.1. The van der Waals surface area contributed by atoms with Crippen LogP contribution in [0.25, 0.3) is 0 Å². The molecule has 110 valence electrons. The van der Waals surface area contributed by atoms with Gasteiger partial charge in [0.15, 0.2) is 0 Å². The van der Waals surface area contributed by atoms with Crippen LogP contribution in [0, 0.1) is 19.7 Å². The summed E-state index contributed by atoms with van der Waals surface area (Å²) in [6.07, 6.45) is 0. The molecule has 2 rings (SSSR count). The Balaban J connectivity index is 2.04. The fourth-order valence-electron chi connectivity index (χ4n) is 2.05. The molecule has 2 aromatic carbocycles. The van der Waals surface area contributed by atoms with Gasteiger partial charge in [0.1, 0.15) is 5.82 Å². The van der Waals surface area contributed by atoms with E-state index >= 15 is 0 Å². The minimum absolute atomic E-state index is 0.0889. The first-order valence-electron chi connectivity index (χ1n) is 6.83. The van der Waals surface area contributed by atoms with Crippen LogP contribution in [0.15, 0.2) is 36.4 Å².